The van der Waals surface area contributed by atoms with Crippen molar-refractivity contribution in [3.05, 3.63) is 16.1 Å². The van der Waals surface area contributed by atoms with E-state index in [1.807, 2.05) is 6.92 Å². The first-order valence-corrected chi connectivity index (χ1v) is 8.00. The van der Waals surface area contributed by atoms with E-state index in [9.17, 15) is 9.59 Å². The number of urea groups is 1. The summed E-state index contributed by atoms with van der Waals surface area (Å²) >= 11 is 1.54. The molecule has 1 aromatic rings. The van der Waals surface area contributed by atoms with Crippen molar-refractivity contribution in [2.24, 2.45) is 0 Å². The average Bonchev–Trinajstić information content (AvgIpc) is 2.82. The first-order valence-electron chi connectivity index (χ1n) is 7.18. The van der Waals surface area contributed by atoms with Gasteiger partial charge in [0.1, 0.15) is 0 Å². The van der Waals surface area contributed by atoms with Crippen LogP contribution in [0.25, 0.3) is 0 Å². The van der Waals surface area contributed by atoms with Gasteiger partial charge in [0.15, 0.2) is 0 Å². The van der Waals surface area contributed by atoms with E-state index in [2.05, 4.69) is 15.6 Å². The van der Waals surface area contributed by atoms with Crippen molar-refractivity contribution in [2.75, 3.05) is 0 Å². The van der Waals surface area contributed by atoms with Gasteiger partial charge in [-0.3, -0.25) is 4.79 Å². The lowest BCUT2D eigenvalue weighted by Crippen LogP contribution is -2.54. The highest BCUT2D eigenvalue weighted by Gasteiger charge is 2.35. The molecule has 0 unspecified atom stereocenters. The molecule has 2 rings (SSSR count). The Labute approximate surface area is 128 Å². The second-order valence-corrected chi connectivity index (χ2v) is 6.88. The smallest absolute Gasteiger partial charge is 0.315 e. The van der Waals surface area contributed by atoms with Crippen LogP contribution in [0.15, 0.2) is 6.20 Å². The second-order valence-electron chi connectivity index (χ2n) is 5.56. The maximum Gasteiger partial charge on any atom is 0.315 e. The highest BCUT2D eigenvalue weighted by atomic mass is 32.1. The maximum absolute atomic E-state index is 12.0. The Morgan fingerprint density at radius 1 is 1.38 bits per heavy atom. The highest BCUT2D eigenvalue weighted by molar-refractivity contribution is 7.11. The van der Waals surface area contributed by atoms with Crippen LogP contribution in [0.1, 0.15) is 48.4 Å². The number of amides is 2. The predicted molar refractivity (Wildman–Crippen MR) is 80.3 cm³/mol. The summed E-state index contributed by atoms with van der Waals surface area (Å²) in [6.45, 7) is 2.33. The molecule has 1 saturated carbocycles. The van der Waals surface area contributed by atoms with Crippen molar-refractivity contribution in [1.82, 2.24) is 15.6 Å². The largest absolute Gasteiger partial charge is 0.481 e. The molecule has 1 aromatic heterocycles. The molecule has 7 heteroatoms. The molecule has 0 aromatic carbocycles. The van der Waals surface area contributed by atoms with Gasteiger partial charge in [-0.2, -0.15) is 0 Å². The Morgan fingerprint density at radius 2 is 2.10 bits per heavy atom. The quantitative estimate of drug-likeness (QED) is 0.779. The maximum atomic E-state index is 12.0. The van der Waals surface area contributed by atoms with Gasteiger partial charge in [-0.15, -0.1) is 11.3 Å². The van der Waals surface area contributed by atoms with Gasteiger partial charge in [0.2, 0.25) is 0 Å². The van der Waals surface area contributed by atoms with Gasteiger partial charge in [-0.25, -0.2) is 9.78 Å². The highest BCUT2D eigenvalue weighted by Crippen LogP contribution is 2.31. The summed E-state index contributed by atoms with van der Waals surface area (Å²) in [5.74, 6) is -0.865. The van der Waals surface area contributed by atoms with Crippen LogP contribution >= 0.6 is 11.3 Å². The van der Waals surface area contributed by atoms with Crippen LogP contribution in [0, 0.1) is 6.92 Å². The first-order chi connectivity index (χ1) is 9.99. The van der Waals surface area contributed by atoms with E-state index in [0.29, 0.717) is 6.54 Å². The van der Waals surface area contributed by atoms with Gasteiger partial charge in [0.05, 0.1) is 23.5 Å². The third-order valence-corrected chi connectivity index (χ3v) is 4.68. The van der Waals surface area contributed by atoms with Crippen LogP contribution in [-0.2, 0) is 11.3 Å². The fraction of sp³-hybridized carbons (Fsp3) is 0.643. The number of aryl methyl sites for hydroxylation is 1. The third-order valence-electron chi connectivity index (χ3n) is 3.77. The fourth-order valence-corrected chi connectivity index (χ4v) is 3.54. The molecule has 2 amide bonds. The summed E-state index contributed by atoms with van der Waals surface area (Å²) in [5, 5.41) is 15.7. The number of carbonyl (C=O) groups is 2. The molecule has 1 aliphatic rings. The number of hydrogen-bond acceptors (Lipinski definition) is 4. The van der Waals surface area contributed by atoms with E-state index in [0.717, 1.165) is 42.0 Å². The van der Waals surface area contributed by atoms with Gasteiger partial charge in [-0.05, 0) is 19.8 Å². The lowest BCUT2D eigenvalue weighted by Gasteiger charge is -2.36. The fourth-order valence-electron chi connectivity index (χ4n) is 2.80. The van der Waals surface area contributed by atoms with E-state index in [-0.39, 0.29) is 12.5 Å². The molecular formula is C14H21N3O3S. The van der Waals surface area contributed by atoms with Crippen LogP contribution < -0.4 is 10.6 Å². The number of aliphatic carboxylic acids is 1. The number of rotatable bonds is 5. The Balaban J connectivity index is 1.89. The molecule has 1 aliphatic carbocycles. The van der Waals surface area contributed by atoms with E-state index in [4.69, 9.17) is 5.11 Å². The van der Waals surface area contributed by atoms with Crippen LogP contribution in [0.4, 0.5) is 4.79 Å². The zero-order valence-electron chi connectivity index (χ0n) is 12.1. The third kappa shape index (κ3) is 4.70. The van der Waals surface area contributed by atoms with Gasteiger partial charge in [0, 0.05) is 11.1 Å². The number of carboxylic acids is 1. The van der Waals surface area contributed by atoms with Gasteiger partial charge >= 0.3 is 12.0 Å². The van der Waals surface area contributed by atoms with Crippen molar-refractivity contribution in [3.8, 4) is 0 Å². The standard InChI is InChI=1S/C14H21N3O3S/c1-10-15-8-11(21-10)9-16-13(20)17-14(7-12(18)19)5-3-2-4-6-14/h8H,2-7,9H2,1H3,(H,18,19)(H2,16,17,20). The number of thiazole rings is 1. The van der Waals surface area contributed by atoms with Crippen molar-refractivity contribution in [1.29, 1.82) is 0 Å². The van der Waals surface area contributed by atoms with Crippen molar-refractivity contribution in [3.63, 3.8) is 0 Å². The van der Waals surface area contributed by atoms with Gasteiger partial charge < -0.3 is 15.7 Å². The zero-order chi connectivity index (χ0) is 15.3. The summed E-state index contributed by atoms with van der Waals surface area (Å²) in [7, 11) is 0. The molecule has 116 valence electrons. The molecule has 21 heavy (non-hydrogen) atoms. The summed E-state index contributed by atoms with van der Waals surface area (Å²) in [6, 6.07) is -0.302. The molecule has 1 heterocycles. The van der Waals surface area contributed by atoms with E-state index in [1.165, 1.54) is 11.3 Å². The van der Waals surface area contributed by atoms with Gasteiger partial charge in [-0.1, -0.05) is 19.3 Å². The zero-order valence-corrected chi connectivity index (χ0v) is 13.0. The first kappa shape index (κ1) is 15.8. The molecule has 3 N–H and O–H groups in total. The Hall–Kier alpha value is -1.63. The normalized spacial score (nSPS) is 17.2. The van der Waals surface area contributed by atoms with Crippen LogP contribution in [-0.4, -0.2) is 27.6 Å². The topological polar surface area (TPSA) is 91.3 Å². The van der Waals surface area contributed by atoms with Crippen LogP contribution in [0.3, 0.4) is 0 Å². The summed E-state index contributed by atoms with van der Waals surface area (Å²) in [6.07, 6.45) is 6.21. The molecule has 0 aliphatic heterocycles. The van der Waals surface area contributed by atoms with Crippen molar-refractivity contribution < 1.29 is 14.7 Å². The molecule has 0 saturated heterocycles. The number of aromatic nitrogens is 1. The minimum atomic E-state index is -0.865. The Morgan fingerprint density at radius 3 is 2.67 bits per heavy atom. The number of hydrogen-bond donors (Lipinski definition) is 3. The molecule has 1 fully saturated rings. The molecule has 6 nitrogen and oxygen atoms in total. The van der Waals surface area contributed by atoms with Crippen molar-refractivity contribution in [2.45, 2.75) is 57.5 Å². The monoisotopic (exact) mass is 311 g/mol. The molecule has 0 bridgehead atoms. The number of carboxylic acid groups (broad SMARTS) is 1. The van der Waals surface area contributed by atoms with Crippen LogP contribution in [0.2, 0.25) is 0 Å². The minimum Gasteiger partial charge on any atom is -0.481 e. The number of nitrogens with zero attached hydrogens (tertiary/aromatic N) is 1. The summed E-state index contributed by atoms with van der Waals surface area (Å²) < 4.78 is 0. The van der Waals surface area contributed by atoms with E-state index in [1.54, 1.807) is 6.20 Å². The van der Waals surface area contributed by atoms with Crippen molar-refractivity contribution >= 4 is 23.3 Å². The molecule has 0 radical (unpaired) electrons. The molecule has 0 spiro atoms. The Kier molecular flexibility index (Phi) is 5.17. The Bertz CT molecular complexity index is 509. The lowest BCUT2D eigenvalue weighted by molar-refractivity contribution is -0.139. The lowest BCUT2D eigenvalue weighted by atomic mass is 9.79. The molecular weight excluding hydrogens is 290 g/mol. The number of carbonyl (C=O) groups excluding carboxylic acids is 1. The number of nitrogens with one attached hydrogen (secondary N) is 2. The SMILES string of the molecule is Cc1ncc(CNC(=O)NC2(CC(=O)O)CCCCC2)s1. The predicted octanol–water partition coefficient (Wildman–Crippen LogP) is 2.43. The van der Waals surface area contributed by atoms with Gasteiger partial charge in [0.25, 0.3) is 0 Å². The van der Waals surface area contributed by atoms with Crippen LogP contribution in [0.5, 0.6) is 0 Å². The van der Waals surface area contributed by atoms with E-state index >= 15 is 0 Å². The summed E-state index contributed by atoms with van der Waals surface area (Å²) in [5.41, 5.74) is -0.599. The second kappa shape index (κ2) is 6.89. The molecule has 0 atom stereocenters. The van der Waals surface area contributed by atoms with E-state index < -0.39 is 11.5 Å². The summed E-state index contributed by atoms with van der Waals surface area (Å²) in [4.78, 5) is 28.2. The average molecular weight is 311 g/mol. The minimum absolute atomic E-state index is 0.0138.